The lowest BCUT2D eigenvalue weighted by Crippen LogP contribution is -2.64. The number of nitrogens with zero attached hydrogens (tertiary/aromatic N) is 2. The molecule has 0 aromatic heterocycles. The van der Waals surface area contributed by atoms with Crippen LogP contribution in [0.3, 0.4) is 0 Å². The maximum Gasteiger partial charge on any atom is 0.330 e. The quantitative estimate of drug-likeness (QED) is 0.506. The highest BCUT2D eigenvalue weighted by molar-refractivity contribution is 6.23. The summed E-state index contributed by atoms with van der Waals surface area (Å²) in [5.41, 5.74) is -2.11. The number of nitro benzene ring substituents is 1. The first-order valence-corrected chi connectivity index (χ1v) is 6.23. The minimum absolute atomic E-state index is 0.000139. The second kappa shape index (κ2) is 4.97. The fourth-order valence-corrected chi connectivity index (χ4v) is 2.50. The van der Waals surface area contributed by atoms with E-state index >= 15 is 0 Å². The maximum absolute atomic E-state index is 12.5. The highest BCUT2D eigenvalue weighted by atomic mass is 16.6. The number of imide groups is 2. The number of nitro groups is 1. The van der Waals surface area contributed by atoms with Crippen LogP contribution in [0, 0.1) is 10.1 Å². The maximum atomic E-state index is 12.5. The number of nitrogens with one attached hydrogen (secondary N) is 1. The van der Waals surface area contributed by atoms with Gasteiger partial charge in [0.1, 0.15) is 0 Å². The number of para-hydroxylation sites is 1. The molecule has 1 aliphatic rings. The summed E-state index contributed by atoms with van der Waals surface area (Å²) in [4.78, 5) is 47.6. The fraction of sp³-hybridized carbons (Fsp3) is 0.308. The number of likely N-dealkylation sites (N-methyl/N-ethyl adjacent to an activating group) is 1. The minimum Gasteiger partial charge on any atom is -0.276 e. The monoisotopic (exact) mass is 291 g/mol. The zero-order chi connectivity index (χ0) is 15.8. The molecule has 1 N–H and O–H groups in total. The van der Waals surface area contributed by atoms with E-state index in [1.165, 1.54) is 31.3 Å². The molecule has 0 aliphatic carbocycles. The van der Waals surface area contributed by atoms with Crippen molar-refractivity contribution in [3.63, 3.8) is 0 Å². The van der Waals surface area contributed by atoms with Gasteiger partial charge in [0.05, 0.1) is 10.5 Å². The number of carbonyl (C=O) groups excluding carboxylic acids is 3. The van der Waals surface area contributed by atoms with Crippen LogP contribution < -0.4 is 5.32 Å². The van der Waals surface area contributed by atoms with Gasteiger partial charge in [0.2, 0.25) is 5.91 Å². The van der Waals surface area contributed by atoms with Gasteiger partial charge >= 0.3 is 6.03 Å². The van der Waals surface area contributed by atoms with E-state index < -0.39 is 28.2 Å². The van der Waals surface area contributed by atoms with Crippen LogP contribution in [0.25, 0.3) is 0 Å². The molecule has 2 rings (SSSR count). The van der Waals surface area contributed by atoms with Gasteiger partial charge in [-0.2, -0.15) is 0 Å². The third kappa shape index (κ3) is 1.95. The van der Waals surface area contributed by atoms with Gasteiger partial charge < -0.3 is 0 Å². The number of amides is 4. The predicted molar refractivity (Wildman–Crippen MR) is 71.4 cm³/mol. The molecule has 0 bridgehead atoms. The highest BCUT2D eigenvalue weighted by Gasteiger charge is 2.55. The molecule has 110 valence electrons. The average molecular weight is 291 g/mol. The summed E-state index contributed by atoms with van der Waals surface area (Å²) in [6, 6.07) is 4.71. The van der Waals surface area contributed by atoms with E-state index in [9.17, 15) is 24.5 Å². The van der Waals surface area contributed by atoms with Crippen molar-refractivity contribution >= 4 is 23.5 Å². The smallest absolute Gasteiger partial charge is 0.276 e. The Bertz CT molecular complexity index is 657. The second-order valence-electron chi connectivity index (χ2n) is 4.66. The average Bonchev–Trinajstić information content (AvgIpc) is 2.46. The molecule has 1 saturated heterocycles. The van der Waals surface area contributed by atoms with Gasteiger partial charge in [-0.1, -0.05) is 25.1 Å². The van der Waals surface area contributed by atoms with Gasteiger partial charge in [-0.15, -0.1) is 0 Å². The molecule has 0 saturated carbocycles. The first-order chi connectivity index (χ1) is 9.86. The van der Waals surface area contributed by atoms with Crippen molar-refractivity contribution in [3.8, 4) is 0 Å². The molecule has 21 heavy (non-hydrogen) atoms. The van der Waals surface area contributed by atoms with Gasteiger partial charge in [-0.05, 0) is 6.42 Å². The molecule has 1 heterocycles. The molecule has 0 spiro atoms. The van der Waals surface area contributed by atoms with E-state index in [4.69, 9.17) is 0 Å². The topological polar surface area (TPSA) is 110 Å². The molecule has 8 nitrogen and oxygen atoms in total. The van der Waals surface area contributed by atoms with Gasteiger partial charge in [-0.3, -0.25) is 29.9 Å². The molecule has 1 fully saturated rings. The van der Waals surface area contributed by atoms with Gasteiger partial charge in [0.25, 0.3) is 11.6 Å². The van der Waals surface area contributed by atoms with Crippen LogP contribution in [0.2, 0.25) is 0 Å². The normalized spacial score (nSPS) is 22.2. The molecule has 0 radical (unpaired) electrons. The van der Waals surface area contributed by atoms with Crippen LogP contribution in [0.15, 0.2) is 24.3 Å². The first kappa shape index (κ1) is 14.6. The summed E-state index contributed by atoms with van der Waals surface area (Å²) in [6.45, 7) is 1.57. The lowest BCUT2D eigenvalue weighted by molar-refractivity contribution is -0.385. The van der Waals surface area contributed by atoms with Gasteiger partial charge in [0.15, 0.2) is 5.41 Å². The lowest BCUT2D eigenvalue weighted by atomic mass is 9.74. The number of benzene rings is 1. The molecular formula is C13H13N3O5. The molecule has 1 aliphatic heterocycles. The Morgan fingerprint density at radius 2 is 1.90 bits per heavy atom. The summed E-state index contributed by atoms with van der Waals surface area (Å²) in [5.74, 6) is -1.61. The van der Waals surface area contributed by atoms with Crippen molar-refractivity contribution in [2.24, 2.45) is 0 Å². The van der Waals surface area contributed by atoms with E-state index in [0.29, 0.717) is 0 Å². The van der Waals surface area contributed by atoms with Crippen LogP contribution in [0.4, 0.5) is 10.5 Å². The van der Waals surface area contributed by atoms with Crippen LogP contribution >= 0.6 is 0 Å². The number of hydrogen-bond acceptors (Lipinski definition) is 5. The van der Waals surface area contributed by atoms with E-state index in [1.54, 1.807) is 6.92 Å². The third-order valence-corrected chi connectivity index (χ3v) is 3.67. The minimum atomic E-state index is -1.77. The van der Waals surface area contributed by atoms with Crippen molar-refractivity contribution in [3.05, 3.63) is 39.9 Å². The zero-order valence-corrected chi connectivity index (χ0v) is 11.5. The summed E-state index contributed by atoms with van der Waals surface area (Å²) in [6.07, 6.45) is 0.000139. The van der Waals surface area contributed by atoms with E-state index in [2.05, 4.69) is 5.32 Å². The number of hydrogen-bond donors (Lipinski definition) is 1. The van der Waals surface area contributed by atoms with Crippen LogP contribution in [-0.4, -0.2) is 34.7 Å². The van der Waals surface area contributed by atoms with Crippen molar-refractivity contribution in [1.82, 2.24) is 10.2 Å². The van der Waals surface area contributed by atoms with Crippen molar-refractivity contribution < 1.29 is 19.3 Å². The van der Waals surface area contributed by atoms with Gasteiger partial charge in [-0.25, -0.2) is 4.79 Å². The number of carbonyl (C=O) groups is 3. The van der Waals surface area contributed by atoms with Crippen LogP contribution in [-0.2, 0) is 15.0 Å². The SMILES string of the molecule is CCC1(c2ccccc2[N+](=O)[O-])C(=O)NC(=O)N(C)C1=O. The molecule has 8 heteroatoms. The summed E-state index contributed by atoms with van der Waals surface area (Å²) in [5, 5.41) is 13.2. The lowest BCUT2D eigenvalue weighted by Gasteiger charge is -2.37. The predicted octanol–water partition coefficient (Wildman–Crippen LogP) is 0.951. The van der Waals surface area contributed by atoms with Crippen LogP contribution in [0.1, 0.15) is 18.9 Å². The van der Waals surface area contributed by atoms with Crippen molar-refractivity contribution in [2.75, 3.05) is 7.05 Å². The van der Waals surface area contributed by atoms with E-state index in [-0.39, 0.29) is 17.7 Å². The fourth-order valence-electron chi connectivity index (χ4n) is 2.50. The van der Waals surface area contributed by atoms with Gasteiger partial charge in [0, 0.05) is 13.1 Å². The second-order valence-corrected chi connectivity index (χ2v) is 4.66. The molecule has 1 unspecified atom stereocenters. The Morgan fingerprint density at radius 1 is 1.29 bits per heavy atom. The van der Waals surface area contributed by atoms with Crippen LogP contribution in [0.5, 0.6) is 0 Å². The number of rotatable bonds is 3. The van der Waals surface area contributed by atoms with Crippen molar-refractivity contribution in [2.45, 2.75) is 18.8 Å². The van der Waals surface area contributed by atoms with E-state index in [0.717, 1.165) is 4.90 Å². The Balaban J connectivity index is 2.72. The highest BCUT2D eigenvalue weighted by Crippen LogP contribution is 2.38. The van der Waals surface area contributed by atoms with Crippen molar-refractivity contribution in [1.29, 1.82) is 0 Å². The zero-order valence-electron chi connectivity index (χ0n) is 11.5. The molecule has 4 amide bonds. The molecule has 1 aromatic carbocycles. The number of urea groups is 1. The standard InChI is InChI=1S/C13H13N3O5/c1-3-13(8-6-4-5-7-9(8)16(20)21)10(17)14-12(19)15(2)11(13)18/h4-7H,3H2,1-2H3,(H,14,17,19). The molecular weight excluding hydrogens is 278 g/mol. The Labute approximate surface area is 119 Å². The Morgan fingerprint density at radius 3 is 2.48 bits per heavy atom. The Hall–Kier alpha value is -2.77. The summed E-state index contributed by atoms with van der Waals surface area (Å²) >= 11 is 0. The largest absolute Gasteiger partial charge is 0.330 e. The molecule has 1 aromatic rings. The Kier molecular flexibility index (Phi) is 3.46. The molecule has 1 atom stereocenters. The first-order valence-electron chi connectivity index (χ1n) is 6.23. The van der Waals surface area contributed by atoms with E-state index in [1.807, 2.05) is 0 Å². The number of barbiturate groups is 1. The summed E-state index contributed by atoms with van der Waals surface area (Å²) in [7, 11) is 1.23. The summed E-state index contributed by atoms with van der Waals surface area (Å²) < 4.78 is 0. The third-order valence-electron chi connectivity index (χ3n) is 3.67.